The van der Waals surface area contributed by atoms with Crippen LogP contribution in [-0.4, -0.2) is 25.0 Å². The molecule has 8 heteroatoms. The van der Waals surface area contributed by atoms with E-state index in [1.165, 1.54) is 19.1 Å². The number of aryl methyl sites for hydroxylation is 1. The second-order valence-corrected chi connectivity index (χ2v) is 4.90. The van der Waals surface area contributed by atoms with E-state index < -0.39 is 41.6 Å². The molecule has 2 amide bonds. The van der Waals surface area contributed by atoms with Crippen molar-refractivity contribution in [1.29, 1.82) is 0 Å². The fourth-order valence-corrected chi connectivity index (χ4v) is 2.29. The molecule has 0 unspecified atom stereocenters. The molecule has 5 nitrogen and oxygen atoms in total. The molecule has 0 spiro atoms. The first-order valence-electron chi connectivity index (χ1n) is 6.88. The Kier molecular flexibility index (Phi) is 4.92. The molecule has 1 heterocycles. The van der Waals surface area contributed by atoms with Crippen LogP contribution in [0.25, 0.3) is 0 Å². The Morgan fingerprint density at radius 3 is 2.65 bits per heavy atom. The number of ether oxygens (including phenoxy) is 1. The van der Waals surface area contributed by atoms with Gasteiger partial charge in [-0.15, -0.1) is 0 Å². The molecular formula is C15H15F3N2O3. The lowest BCUT2D eigenvalue weighted by Gasteiger charge is -2.29. The van der Waals surface area contributed by atoms with Gasteiger partial charge >= 0.3 is 12.0 Å². The van der Waals surface area contributed by atoms with Gasteiger partial charge in [-0.1, -0.05) is 12.1 Å². The van der Waals surface area contributed by atoms with E-state index in [1.807, 2.05) is 5.32 Å². The summed E-state index contributed by atoms with van der Waals surface area (Å²) in [7, 11) is 0. The van der Waals surface area contributed by atoms with E-state index in [1.54, 1.807) is 13.0 Å². The van der Waals surface area contributed by atoms with Crippen LogP contribution in [0.2, 0.25) is 0 Å². The van der Waals surface area contributed by atoms with Crippen molar-refractivity contribution in [2.24, 2.45) is 0 Å². The van der Waals surface area contributed by atoms with E-state index in [9.17, 15) is 22.8 Å². The van der Waals surface area contributed by atoms with E-state index in [0.717, 1.165) is 0 Å². The zero-order chi connectivity index (χ0) is 17.1. The van der Waals surface area contributed by atoms with E-state index >= 15 is 0 Å². The molecule has 1 aromatic carbocycles. The number of nitrogens with one attached hydrogen (secondary N) is 2. The quantitative estimate of drug-likeness (QED) is 0.835. The van der Waals surface area contributed by atoms with Crippen LogP contribution in [0.3, 0.4) is 0 Å². The highest BCUT2D eigenvalue weighted by molar-refractivity contribution is 5.95. The topological polar surface area (TPSA) is 67.4 Å². The molecule has 0 bridgehead atoms. The van der Waals surface area contributed by atoms with Crippen LogP contribution in [-0.2, 0) is 9.53 Å². The molecule has 23 heavy (non-hydrogen) atoms. The van der Waals surface area contributed by atoms with E-state index in [2.05, 4.69) is 5.32 Å². The number of hydrogen-bond acceptors (Lipinski definition) is 3. The monoisotopic (exact) mass is 328 g/mol. The van der Waals surface area contributed by atoms with Gasteiger partial charge < -0.3 is 15.4 Å². The van der Waals surface area contributed by atoms with Gasteiger partial charge in [0.2, 0.25) is 0 Å². The zero-order valence-electron chi connectivity index (χ0n) is 12.5. The number of carbonyl (C=O) groups is 2. The van der Waals surface area contributed by atoms with Gasteiger partial charge in [-0.05, 0) is 25.5 Å². The van der Waals surface area contributed by atoms with Gasteiger partial charge in [0.05, 0.1) is 23.9 Å². The summed E-state index contributed by atoms with van der Waals surface area (Å²) in [4.78, 5) is 23.7. The van der Waals surface area contributed by atoms with E-state index in [4.69, 9.17) is 4.74 Å². The van der Waals surface area contributed by atoms with Crippen LogP contribution in [0, 0.1) is 12.7 Å². The van der Waals surface area contributed by atoms with Crippen LogP contribution in [0.1, 0.15) is 24.1 Å². The van der Waals surface area contributed by atoms with E-state index in [-0.39, 0.29) is 12.2 Å². The third-order valence-corrected chi connectivity index (χ3v) is 3.28. The molecular weight excluding hydrogens is 313 g/mol. The number of hydrogen-bond donors (Lipinski definition) is 2. The fraction of sp³-hybridized carbons (Fsp3) is 0.333. The van der Waals surface area contributed by atoms with E-state index in [0.29, 0.717) is 5.56 Å². The number of alkyl halides is 2. The van der Waals surface area contributed by atoms with Gasteiger partial charge in [0.1, 0.15) is 5.82 Å². The van der Waals surface area contributed by atoms with Crippen molar-refractivity contribution < 1.29 is 27.5 Å². The third-order valence-electron chi connectivity index (χ3n) is 3.28. The zero-order valence-corrected chi connectivity index (χ0v) is 12.5. The highest BCUT2D eigenvalue weighted by Gasteiger charge is 2.38. The molecule has 0 saturated carbocycles. The molecule has 0 radical (unpaired) electrons. The maximum absolute atomic E-state index is 14.2. The summed E-state index contributed by atoms with van der Waals surface area (Å²) in [5.41, 5.74) is -0.865. The average molecular weight is 328 g/mol. The molecule has 1 aliphatic heterocycles. The van der Waals surface area contributed by atoms with Gasteiger partial charge in [-0.3, -0.25) is 0 Å². The minimum absolute atomic E-state index is 0.0457. The first kappa shape index (κ1) is 16.9. The summed E-state index contributed by atoms with van der Waals surface area (Å²) in [5.74, 6) is -1.76. The first-order valence-corrected chi connectivity index (χ1v) is 6.88. The largest absolute Gasteiger partial charge is 0.463 e. The molecule has 2 N–H and O–H groups in total. The molecule has 2 rings (SSSR count). The molecule has 1 aliphatic rings. The molecule has 0 fully saturated rings. The van der Waals surface area contributed by atoms with Gasteiger partial charge in [-0.25, -0.2) is 22.8 Å². The number of rotatable bonds is 4. The number of benzene rings is 1. The Bertz CT molecular complexity index is 674. The summed E-state index contributed by atoms with van der Waals surface area (Å²) in [5, 5.41) is 4.18. The maximum atomic E-state index is 14.2. The smallest absolute Gasteiger partial charge is 0.338 e. The van der Waals surface area contributed by atoms with Gasteiger partial charge in [0, 0.05) is 5.56 Å². The molecule has 1 atom stereocenters. The molecule has 124 valence electrons. The fourth-order valence-electron chi connectivity index (χ4n) is 2.29. The van der Waals surface area contributed by atoms with Crippen LogP contribution in [0.4, 0.5) is 18.0 Å². The Balaban J connectivity index is 2.59. The summed E-state index contributed by atoms with van der Waals surface area (Å²) < 4.78 is 45.3. The lowest BCUT2D eigenvalue weighted by atomic mass is 9.94. The van der Waals surface area contributed by atoms with Crippen molar-refractivity contribution in [1.82, 2.24) is 10.6 Å². The SMILES string of the molecule is CCOC(=O)C1=C(C(F)F)NC(=O)N[C@@H]1c1ccc(C)cc1F. The summed E-state index contributed by atoms with van der Waals surface area (Å²) in [6, 6.07) is 1.78. The lowest BCUT2D eigenvalue weighted by Crippen LogP contribution is -2.47. The molecule has 0 aliphatic carbocycles. The maximum Gasteiger partial charge on any atom is 0.338 e. The van der Waals surface area contributed by atoms with Crippen molar-refractivity contribution in [2.75, 3.05) is 6.61 Å². The number of halogens is 3. The Morgan fingerprint density at radius 1 is 1.39 bits per heavy atom. The highest BCUT2D eigenvalue weighted by Crippen LogP contribution is 2.31. The number of carbonyl (C=O) groups excluding carboxylic acids is 2. The normalized spacial score (nSPS) is 17.8. The summed E-state index contributed by atoms with van der Waals surface area (Å²) >= 11 is 0. The predicted molar refractivity (Wildman–Crippen MR) is 75.2 cm³/mol. The van der Waals surface area contributed by atoms with Crippen molar-refractivity contribution in [3.8, 4) is 0 Å². The number of urea groups is 1. The molecule has 1 aromatic rings. The van der Waals surface area contributed by atoms with Gasteiger partial charge in [-0.2, -0.15) is 0 Å². The second-order valence-electron chi connectivity index (χ2n) is 4.90. The van der Waals surface area contributed by atoms with Crippen LogP contribution in [0.15, 0.2) is 29.5 Å². The lowest BCUT2D eigenvalue weighted by molar-refractivity contribution is -0.139. The van der Waals surface area contributed by atoms with Crippen molar-refractivity contribution >= 4 is 12.0 Å². The summed E-state index contributed by atoms with van der Waals surface area (Å²) in [6.45, 7) is 3.12. The Morgan fingerprint density at radius 2 is 2.09 bits per heavy atom. The Labute approximate surface area is 130 Å². The average Bonchev–Trinajstić information content (AvgIpc) is 2.46. The third kappa shape index (κ3) is 3.46. The predicted octanol–water partition coefficient (Wildman–Crippen LogP) is 2.57. The first-order chi connectivity index (χ1) is 10.8. The molecule has 0 aromatic heterocycles. The standard InChI is InChI=1S/C15H15F3N2O3/c1-3-23-14(21)10-11(8-5-4-7(2)6-9(8)16)19-15(22)20-12(10)13(17)18/h4-6,11,13H,3H2,1-2H3,(H2,19,20,22)/t11-/m1/s1. The Hall–Kier alpha value is -2.51. The minimum Gasteiger partial charge on any atom is -0.463 e. The van der Waals surface area contributed by atoms with Crippen molar-refractivity contribution in [3.05, 3.63) is 46.4 Å². The number of amides is 2. The molecule has 0 saturated heterocycles. The number of esters is 1. The van der Waals surface area contributed by atoms with Crippen LogP contribution in [0.5, 0.6) is 0 Å². The summed E-state index contributed by atoms with van der Waals surface area (Å²) in [6.07, 6.45) is -3.11. The number of allylic oxidation sites excluding steroid dienone is 1. The van der Waals surface area contributed by atoms with Crippen molar-refractivity contribution in [2.45, 2.75) is 26.3 Å². The van der Waals surface area contributed by atoms with Crippen molar-refractivity contribution in [3.63, 3.8) is 0 Å². The minimum atomic E-state index is -3.11. The second kappa shape index (κ2) is 6.72. The van der Waals surface area contributed by atoms with Crippen LogP contribution >= 0.6 is 0 Å². The van der Waals surface area contributed by atoms with Gasteiger partial charge in [0.15, 0.2) is 0 Å². The highest BCUT2D eigenvalue weighted by atomic mass is 19.3. The van der Waals surface area contributed by atoms with Crippen LogP contribution < -0.4 is 10.6 Å². The van der Waals surface area contributed by atoms with Gasteiger partial charge in [0.25, 0.3) is 6.43 Å².